The smallest absolute Gasteiger partial charge is 0.0953 e. The van der Waals surface area contributed by atoms with Crippen molar-refractivity contribution in [1.82, 2.24) is 14.5 Å². The molecule has 4 heteroatoms. The molecule has 0 aromatic carbocycles. The van der Waals surface area contributed by atoms with E-state index in [2.05, 4.69) is 9.97 Å². The van der Waals surface area contributed by atoms with Gasteiger partial charge in [0.1, 0.15) is 0 Å². The molecule has 2 aromatic heterocycles. The van der Waals surface area contributed by atoms with Gasteiger partial charge in [-0.05, 0) is 19.1 Å². The van der Waals surface area contributed by atoms with Crippen LogP contribution < -0.4 is 5.73 Å². The van der Waals surface area contributed by atoms with Crippen molar-refractivity contribution < 1.29 is 0 Å². The lowest BCUT2D eigenvalue weighted by molar-refractivity contribution is 0.768. The van der Waals surface area contributed by atoms with E-state index < -0.39 is 0 Å². The van der Waals surface area contributed by atoms with Gasteiger partial charge in [-0.1, -0.05) is 6.07 Å². The molecule has 2 rings (SSSR count). The highest BCUT2D eigenvalue weighted by Gasteiger charge is 1.99. The molecule has 2 aromatic rings. The summed E-state index contributed by atoms with van der Waals surface area (Å²) in [7, 11) is 0. The zero-order chi connectivity index (χ0) is 10.7. The number of hydrogen-bond donors (Lipinski definition) is 1. The predicted molar refractivity (Wildman–Crippen MR) is 58.2 cm³/mol. The van der Waals surface area contributed by atoms with Crippen LogP contribution in [-0.4, -0.2) is 14.5 Å². The molecule has 0 radical (unpaired) electrons. The van der Waals surface area contributed by atoms with E-state index in [9.17, 15) is 0 Å². The van der Waals surface area contributed by atoms with E-state index in [0.29, 0.717) is 6.54 Å². The van der Waals surface area contributed by atoms with Gasteiger partial charge >= 0.3 is 0 Å². The van der Waals surface area contributed by atoms with Crippen molar-refractivity contribution >= 4 is 0 Å². The lowest BCUT2D eigenvalue weighted by Gasteiger charge is -2.02. The summed E-state index contributed by atoms with van der Waals surface area (Å²) in [4.78, 5) is 8.59. The lowest BCUT2D eigenvalue weighted by atomic mass is 10.3. The topological polar surface area (TPSA) is 56.7 Å². The van der Waals surface area contributed by atoms with Crippen molar-refractivity contribution in [2.24, 2.45) is 5.73 Å². The number of rotatable bonds is 3. The highest BCUT2D eigenvalue weighted by atomic mass is 15.0. The molecule has 0 aliphatic heterocycles. The average Bonchev–Trinajstić information content (AvgIpc) is 2.65. The Kier molecular flexibility index (Phi) is 2.78. The summed E-state index contributed by atoms with van der Waals surface area (Å²) in [5.41, 5.74) is 8.47. The van der Waals surface area contributed by atoms with Crippen LogP contribution in [0.1, 0.15) is 17.1 Å². The first-order chi connectivity index (χ1) is 7.28. The summed E-state index contributed by atoms with van der Waals surface area (Å²) < 4.78 is 1.99. The van der Waals surface area contributed by atoms with Crippen molar-refractivity contribution in [1.29, 1.82) is 0 Å². The maximum atomic E-state index is 5.49. The van der Waals surface area contributed by atoms with Gasteiger partial charge in [-0.3, -0.25) is 4.98 Å². The van der Waals surface area contributed by atoms with E-state index in [1.165, 1.54) is 0 Å². The fraction of sp³-hybridized carbons (Fsp3) is 0.273. The van der Waals surface area contributed by atoms with Gasteiger partial charge in [-0.2, -0.15) is 0 Å². The van der Waals surface area contributed by atoms with Crippen LogP contribution in [0, 0.1) is 6.92 Å². The Balaban J connectivity index is 2.14. The van der Waals surface area contributed by atoms with Gasteiger partial charge in [-0.25, -0.2) is 4.98 Å². The van der Waals surface area contributed by atoms with E-state index in [-0.39, 0.29) is 0 Å². The highest BCUT2D eigenvalue weighted by Crippen LogP contribution is 2.02. The van der Waals surface area contributed by atoms with E-state index >= 15 is 0 Å². The Morgan fingerprint density at radius 2 is 2.20 bits per heavy atom. The SMILES string of the molecule is Cc1cccc(Cn2cnc(CN)c2)n1. The maximum absolute atomic E-state index is 5.49. The third-order valence-electron chi connectivity index (χ3n) is 2.19. The molecule has 0 spiro atoms. The van der Waals surface area contributed by atoms with Crippen molar-refractivity contribution in [3.8, 4) is 0 Å². The number of aromatic nitrogens is 3. The van der Waals surface area contributed by atoms with Gasteiger partial charge < -0.3 is 10.3 Å². The second-order valence-corrected chi connectivity index (χ2v) is 3.51. The molecule has 0 saturated heterocycles. The molecule has 0 atom stereocenters. The van der Waals surface area contributed by atoms with Crippen LogP contribution in [0.4, 0.5) is 0 Å². The Morgan fingerprint density at radius 3 is 2.87 bits per heavy atom. The van der Waals surface area contributed by atoms with E-state index in [0.717, 1.165) is 23.6 Å². The van der Waals surface area contributed by atoms with Gasteiger partial charge in [0.2, 0.25) is 0 Å². The van der Waals surface area contributed by atoms with Gasteiger partial charge in [0, 0.05) is 18.4 Å². The summed E-state index contributed by atoms with van der Waals surface area (Å²) in [6.45, 7) is 3.21. The largest absolute Gasteiger partial charge is 0.331 e. The van der Waals surface area contributed by atoms with Crippen LogP contribution in [0.25, 0.3) is 0 Å². The molecule has 0 fully saturated rings. The summed E-state index contributed by atoms with van der Waals surface area (Å²) in [5.74, 6) is 0. The molecule has 0 saturated carbocycles. The summed E-state index contributed by atoms with van der Waals surface area (Å²) >= 11 is 0. The fourth-order valence-electron chi connectivity index (χ4n) is 1.47. The second-order valence-electron chi connectivity index (χ2n) is 3.51. The van der Waals surface area contributed by atoms with E-state index in [4.69, 9.17) is 5.73 Å². The van der Waals surface area contributed by atoms with E-state index in [1.54, 1.807) is 6.33 Å². The first-order valence-electron chi connectivity index (χ1n) is 4.91. The summed E-state index contributed by atoms with van der Waals surface area (Å²) in [6, 6.07) is 6.01. The Labute approximate surface area is 88.8 Å². The average molecular weight is 202 g/mol. The molecule has 2 heterocycles. The quantitative estimate of drug-likeness (QED) is 0.810. The van der Waals surface area contributed by atoms with Crippen LogP contribution in [0.3, 0.4) is 0 Å². The van der Waals surface area contributed by atoms with Gasteiger partial charge in [-0.15, -0.1) is 0 Å². The molecule has 0 aliphatic rings. The predicted octanol–water partition coefficient (Wildman–Crippen LogP) is 1.09. The van der Waals surface area contributed by atoms with Crippen molar-refractivity contribution in [3.63, 3.8) is 0 Å². The Morgan fingerprint density at radius 1 is 1.33 bits per heavy atom. The van der Waals surface area contributed by atoms with Gasteiger partial charge in [0.05, 0.1) is 24.3 Å². The van der Waals surface area contributed by atoms with Crippen LogP contribution in [0.2, 0.25) is 0 Å². The molecule has 0 amide bonds. The molecule has 15 heavy (non-hydrogen) atoms. The Hall–Kier alpha value is -1.68. The summed E-state index contributed by atoms with van der Waals surface area (Å²) in [6.07, 6.45) is 3.73. The van der Waals surface area contributed by atoms with Gasteiger partial charge in [0.25, 0.3) is 0 Å². The molecule has 0 aliphatic carbocycles. The van der Waals surface area contributed by atoms with Crippen LogP contribution in [0.5, 0.6) is 0 Å². The second kappa shape index (κ2) is 4.23. The standard InChI is InChI=1S/C11H14N4/c1-9-3-2-4-10(14-9)6-15-7-11(5-12)13-8-15/h2-4,7-8H,5-6,12H2,1H3. The molecule has 0 bridgehead atoms. The van der Waals surface area contributed by atoms with Crippen molar-refractivity contribution in [2.75, 3.05) is 0 Å². The Bertz CT molecular complexity index is 447. The van der Waals surface area contributed by atoms with Crippen LogP contribution >= 0.6 is 0 Å². The first-order valence-corrected chi connectivity index (χ1v) is 4.91. The molecule has 78 valence electrons. The van der Waals surface area contributed by atoms with E-state index in [1.807, 2.05) is 35.9 Å². The number of nitrogens with zero attached hydrogens (tertiary/aromatic N) is 3. The molecular weight excluding hydrogens is 188 g/mol. The van der Waals surface area contributed by atoms with Crippen LogP contribution in [-0.2, 0) is 13.1 Å². The number of pyridine rings is 1. The third-order valence-corrected chi connectivity index (χ3v) is 2.19. The normalized spacial score (nSPS) is 10.5. The number of hydrogen-bond acceptors (Lipinski definition) is 3. The number of nitrogens with two attached hydrogens (primary N) is 1. The van der Waals surface area contributed by atoms with Crippen molar-refractivity contribution in [2.45, 2.75) is 20.0 Å². The molecule has 0 unspecified atom stereocenters. The zero-order valence-corrected chi connectivity index (χ0v) is 8.72. The molecule has 4 nitrogen and oxygen atoms in total. The van der Waals surface area contributed by atoms with Gasteiger partial charge in [0.15, 0.2) is 0 Å². The van der Waals surface area contributed by atoms with Crippen molar-refractivity contribution in [3.05, 3.63) is 47.8 Å². The minimum atomic E-state index is 0.480. The lowest BCUT2D eigenvalue weighted by Crippen LogP contribution is -2.00. The fourth-order valence-corrected chi connectivity index (χ4v) is 1.47. The molecule has 2 N–H and O–H groups in total. The zero-order valence-electron chi connectivity index (χ0n) is 8.72. The minimum Gasteiger partial charge on any atom is -0.331 e. The maximum Gasteiger partial charge on any atom is 0.0953 e. The minimum absolute atomic E-state index is 0.480. The third kappa shape index (κ3) is 2.41. The number of aryl methyl sites for hydroxylation is 1. The van der Waals surface area contributed by atoms with Crippen LogP contribution in [0.15, 0.2) is 30.7 Å². The monoisotopic (exact) mass is 202 g/mol. The summed E-state index contributed by atoms with van der Waals surface area (Å²) in [5, 5.41) is 0. The molecular formula is C11H14N4. The highest BCUT2D eigenvalue weighted by molar-refractivity contribution is 5.10. The number of imidazole rings is 1. The first kappa shape index (κ1) is 9.86.